The number of likely N-dealkylation sites (N-methyl/N-ethyl adjacent to an activating group) is 1. The van der Waals surface area contributed by atoms with Crippen molar-refractivity contribution in [3.8, 4) is 11.5 Å². The van der Waals surface area contributed by atoms with Gasteiger partial charge in [0, 0.05) is 38.3 Å². The number of rotatable bonds is 3. The Morgan fingerprint density at radius 2 is 2.10 bits per heavy atom. The molecule has 0 amide bonds. The Labute approximate surface area is 120 Å². The Hall–Kier alpha value is -1.30. The van der Waals surface area contributed by atoms with Crippen LogP contribution in [0.3, 0.4) is 0 Å². The molecule has 20 heavy (non-hydrogen) atoms. The molecule has 5 heteroatoms. The molecule has 2 atom stereocenters. The summed E-state index contributed by atoms with van der Waals surface area (Å²) in [6, 6.07) is 6.98. The summed E-state index contributed by atoms with van der Waals surface area (Å²) in [7, 11) is 2.18. The molecule has 1 aromatic carbocycles. The van der Waals surface area contributed by atoms with E-state index in [4.69, 9.17) is 15.2 Å². The summed E-state index contributed by atoms with van der Waals surface area (Å²) in [5, 5.41) is 0. The second-order valence-electron chi connectivity index (χ2n) is 5.69. The summed E-state index contributed by atoms with van der Waals surface area (Å²) in [4.78, 5) is 4.87. The third-order valence-corrected chi connectivity index (χ3v) is 4.44. The van der Waals surface area contributed by atoms with E-state index in [1.807, 2.05) is 6.07 Å². The van der Waals surface area contributed by atoms with Crippen molar-refractivity contribution in [1.29, 1.82) is 0 Å². The van der Waals surface area contributed by atoms with Crippen LogP contribution in [0.4, 0.5) is 0 Å². The van der Waals surface area contributed by atoms with Gasteiger partial charge in [0.25, 0.3) is 0 Å². The van der Waals surface area contributed by atoms with Crippen LogP contribution < -0.4 is 15.2 Å². The minimum Gasteiger partial charge on any atom is -0.454 e. The van der Waals surface area contributed by atoms with E-state index in [1.54, 1.807) is 0 Å². The SMILES string of the molecule is CC1CN(C(CN)c2ccc3c(c2)OCO3)CCN1C. The molecule has 3 rings (SSSR count). The van der Waals surface area contributed by atoms with Gasteiger partial charge < -0.3 is 20.1 Å². The highest BCUT2D eigenvalue weighted by atomic mass is 16.7. The zero-order chi connectivity index (χ0) is 14.1. The minimum atomic E-state index is 0.251. The lowest BCUT2D eigenvalue weighted by Gasteiger charge is -2.41. The van der Waals surface area contributed by atoms with Crippen LogP contribution in [0, 0.1) is 0 Å². The molecule has 2 heterocycles. The van der Waals surface area contributed by atoms with Crippen molar-refractivity contribution >= 4 is 0 Å². The summed E-state index contributed by atoms with van der Waals surface area (Å²) >= 11 is 0. The smallest absolute Gasteiger partial charge is 0.231 e. The van der Waals surface area contributed by atoms with Crippen LogP contribution >= 0.6 is 0 Å². The van der Waals surface area contributed by atoms with Crippen molar-refractivity contribution in [3.05, 3.63) is 23.8 Å². The Kier molecular flexibility index (Phi) is 3.83. The van der Waals surface area contributed by atoms with E-state index in [0.717, 1.165) is 31.1 Å². The Balaban J connectivity index is 1.79. The Bertz CT molecular complexity index is 480. The van der Waals surface area contributed by atoms with E-state index in [0.29, 0.717) is 19.4 Å². The highest BCUT2D eigenvalue weighted by molar-refractivity contribution is 5.45. The molecule has 0 radical (unpaired) electrons. The van der Waals surface area contributed by atoms with Gasteiger partial charge in [0.05, 0.1) is 0 Å². The van der Waals surface area contributed by atoms with Crippen molar-refractivity contribution in [2.45, 2.75) is 19.0 Å². The second kappa shape index (κ2) is 5.60. The van der Waals surface area contributed by atoms with Gasteiger partial charge >= 0.3 is 0 Å². The monoisotopic (exact) mass is 277 g/mol. The van der Waals surface area contributed by atoms with Crippen molar-refractivity contribution < 1.29 is 9.47 Å². The number of hydrogen-bond donors (Lipinski definition) is 1. The molecule has 5 nitrogen and oxygen atoms in total. The maximum absolute atomic E-state index is 6.03. The number of ether oxygens (including phenoxy) is 2. The van der Waals surface area contributed by atoms with E-state index in [1.165, 1.54) is 5.56 Å². The van der Waals surface area contributed by atoms with E-state index in [9.17, 15) is 0 Å². The summed E-state index contributed by atoms with van der Waals surface area (Å²) in [5.41, 5.74) is 7.25. The predicted octanol–water partition coefficient (Wildman–Crippen LogP) is 1.05. The number of fused-ring (bicyclic) bond motifs is 1. The summed E-state index contributed by atoms with van der Waals surface area (Å²) < 4.78 is 10.8. The van der Waals surface area contributed by atoms with Gasteiger partial charge in [-0.3, -0.25) is 4.90 Å². The van der Waals surface area contributed by atoms with Gasteiger partial charge in [0.2, 0.25) is 6.79 Å². The zero-order valence-corrected chi connectivity index (χ0v) is 12.2. The molecular weight excluding hydrogens is 254 g/mol. The molecule has 0 saturated carbocycles. The maximum atomic E-state index is 6.03. The molecule has 1 saturated heterocycles. The molecule has 1 fully saturated rings. The molecule has 2 N–H and O–H groups in total. The van der Waals surface area contributed by atoms with Crippen LogP contribution in [0.15, 0.2) is 18.2 Å². The molecule has 2 unspecified atom stereocenters. The van der Waals surface area contributed by atoms with Crippen LogP contribution in [0.2, 0.25) is 0 Å². The summed E-state index contributed by atoms with van der Waals surface area (Å²) in [5.74, 6) is 1.67. The standard InChI is InChI=1S/C15H23N3O2/c1-11-9-18(6-5-17(11)2)13(8-16)12-3-4-14-15(7-12)20-10-19-14/h3-4,7,11,13H,5-6,8-10,16H2,1-2H3. The number of piperazine rings is 1. The van der Waals surface area contributed by atoms with Crippen LogP contribution in [0.1, 0.15) is 18.5 Å². The molecule has 110 valence electrons. The number of nitrogens with zero attached hydrogens (tertiary/aromatic N) is 2. The summed E-state index contributed by atoms with van der Waals surface area (Å²) in [6.45, 7) is 6.39. The largest absolute Gasteiger partial charge is 0.454 e. The maximum Gasteiger partial charge on any atom is 0.231 e. The highest BCUT2D eigenvalue weighted by Gasteiger charge is 2.27. The van der Waals surface area contributed by atoms with Gasteiger partial charge in [-0.15, -0.1) is 0 Å². The van der Waals surface area contributed by atoms with Gasteiger partial charge in [-0.05, 0) is 31.7 Å². The lowest BCUT2D eigenvalue weighted by Crippen LogP contribution is -2.52. The average molecular weight is 277 g/mol. The molecular formula is C15H23N3O2. The van der Waals surface area contributed by atoms with E-state index >= 15 is 0 Å². The van der Waals surface area contributed by atoms with E-state index in [-0.39, 0.29) is 6.04 Å². The van der Waals surface area contributed by atoms with Crippen molar-refractivity contribution in [1.82, 2.24) is 9.80 Å². The first-order valence-electron chi connectivity index (χ1n) is 7.23. The number of benzene rings is 1. The van der Waals surface area contributed by atoms with Crippen molar-refractivity contribution in [2.75, 3.05) is 40.0 Å². The lowest BCUT2D eigenvalue weighted by molar-refractivity contribution is 0.0740. The van der Waals surface area contributed by atoms with Crippen molar-refractivity contribution in [3.63, 3.8) is 0 Å². The lowest BCUT2D eigenvalue weighted by atomic mass is 10.0. The fourth-order valence-electron chi connectivity index (χ4n) is 2.98. The van der Waals surface area contributed by atoms with Gasteiger partial charge in [0.15, 0.2) is 11.5 Å². The van der Waals surface area contributed by atoms with Crippen LogP contribution in [0.5, 0.6) is 11.5 Å². The molecule has 2 aliphatic heterocycles. The molecule has 0 spiro atoms. The molecule has 0 bridgehead atoms. The quantitative estimate of drug-likeness (QED) is 0.895. The van der Waals surface area contributed by atoms with Crippen LogP contribution in [0.25, 0.3) is 0 Å². The molecule has 0 aliphatic carbocycles. The fraction of sp³-hybridized carbons (Fsp3) is 0.600. The molecule has 1 aromatic rings. The van der Waals surface area contributed by atoms with Gasteiger partial charge in [-0.2, -0.15) is 0 Å². The Morgan fingerprint density at radius 3 is 2.85 bits per heavy atom. The average Bonchev–Trinajstić information content (AvgIpc) is 2.91. The molecule has 2 aliphatic rings. The van der Waals surface area contributed by atoms with E-state index in [2.05, 4.69) is 35.9 Å². The number of nitrogens with two attached hydrogens (primary N) is 1. The number of hydrogen-bond acceptors (Lipinski definition) is 5. The fourth-order valence-corrected chi connectivity index (χ4v) is 2.98. The Morgan fingerprint density at radius 1 is 1.30 bits per heavy atom. The summed E-state index contributed by atoms with van der Waals surface area (Å²) in [6.07, 6.45) is 0. The first-order chi connectivity index (χ1) is 9.69. The van der Waals surface area contributed by atoms with Crippen molar-refractivity contribution in [2.24, 2.45) is 5.73 Å². The van der Waals surface area contributed by atoms with E-state index < -0.39 is 0 Å². The highest BCUT2D eigenvalue weighted by Crippen LogP contribution is 2.35. The predicted molar refractivity (Wildman–Crippen MR) is 78.0 cm³/mol. The van der Waals surface area contributed by atoms with Gasteiger partial charge in [-0.1, -0.05) is 6.07 Å². The molecule has 0 aromatic heterocycles. The second-order valence-corrected chi connectivity index (χ2v) is 5.69. The normalized spacial score (nSPS) is 24.9. The topological polar surface area (TPSA) is 51.0 Å². The van der Waals surface area contributed by atoms with Crippen LogP contribution in [-0.4, -0.2) is 55.9 Å². The third-order valence-electron chi connectivity index (χ3n) is 4.44. The van der Waals surface area contributed by atoms with Gasteiger partial charge in [-0.25, -0.2) is 0 Å². The zero-order valence-electron chi connectivity index (χ0n) is 12.2. The first kappa shape index (κ1) is 13.7. The third kappa shape index (κ3) is 2.49. The minimum absolute atomic E-state index is 0.251. The van der Waals surface area contributed by atoms with Gasteiger partial charge in [0.1, 0.15) is 0 Å². The van der Waals surface area contributed by atoms with Crippen LogP contribution in [-0.2, 0) is 0 Å². The first-order valence-corrected chi connectivity index (χ1v) is 7.23.